The second-order valence-corrected chi connectivity index (χ2v) is 7.31. The Labute approximate surface area is 147 Å². The number of urea groups is 1. The zero-order valence-corrected chi connectivity index (χ0v) is 15.8. The lowest BCUT2D eigenvalue weighted by Gasteiger charge is -2.30. The largest absolute Gasteiger partial charge is 0.452 e. The van der Waals surface area contributed by atoms with Gasteiger partial charge in [0.25, 0.3) is 0 Å². The fourth-order valence-electron chi connectivity index (χ4n) is 2.82. The van der Waals surface area contributed by atoms with Crippen LogP contribution in [0.2, 0.25) is 0 Å². The summed E-state index contributed by atoms with van der Waals surface area (Å²) in [6, 6.07) is 3.65. The maximum Gasteiger partial charge on any atom is 0.317 e. The number of rotatable bonds is 7. The molecule has 1 aromatic heterocycles. The third-order valence-electron chi connectivity index (χ3n) is 4.42. The van der Waals surface area contributed by atoms with Crippen LogP contribution in [0.3, 0.4) is 0 Å². The molecule has 0 bridgehead atoms. The van der Waals surface area contributed by atoms with Crippen LogP contribution in [0.25, 0.3) is 0 Å². The monoisotopic (exact) mass is 385 g/mol. The van der Waals surface area contributed by atoms with Crippen molar-refractivity contribution in [1.29, 1.82) is 0 Å². The maximum atomic E-state index is 12.0. The molecule has 0 spiro atoms. The van der Waals surface area contributed by atoms with Gasteiger partial charge in [0.05, 0.1) is 6.54 Å². The van der Waals surface area contributed by atoms with Gasteiger partial charge in [0.15, 0.2) is 4.67 Å². The molecule has 6 heteroatoms. The number of hydrogen-bond donors (Lipinski definition) is 1. The Balaban J connectivity index is 1.54. The zero-order chi connectivity index (χ0) is 16.7. The molecular weight excluding hydrogens is 358 g/mol. The van der Waals surface area contributed by atoms with Crippen LogP contribution in [0, 0.1) is 5.92 Å². The molecule has 1 saturated heterocycles. The van der Waals surface area contributed by atoms with E-state index in [1.54, 1.807) is 11.9 Å². The summed E-state index contributed by atoms with van der Waals surface area (Å²) in [4.78, 5) is 16.2. The Morgan fingerprint density at radius 1 is 1.39 bits per heavy atom. The first-order valence-electron chi connectivity index (χ1n) is 8.50. The fraction of sp³-hybridized carbons (Fsp3) is 0.706. The van der Waals surface area contributed by atoms with Crippen molar-refractivity contribution in [1.82, 2.24) is 15.1 Å². The Kier molecular flexibility index (Phi) is 7.43. The highest BCUT2D eigenvalue weighted by Crippen LogP contribution is 2.16. The highest BCUT2D eigenvalue weighted by molar-refractivity contribution is 9.10. The number of halogens is 1. The minimum Gasteiger partial charge on any atom is -0.452 e. The van der Waals surface area contributed by atoms with Crippen LogP contribution in [0.4, 0.5) is 4.79 Å². The molecular formula is C17H28BrN3O2. The maximum absolute atomic E-state index is 12.0. The SMILES string of the molecule is CC1CCN(CCCCNC(=O)N(C)Cc2ccc(Br)o2)CC1. The summed E-state index contributed by atoms with van der Waals surface area (Å²) in [5, 5.41) is 2.97. The standard InChI is InChI=1S/C17H28BrN3O2/c1-14-7-11-21(12-8-14)10-4-3-9-19-17(22)20(2)13-15-5-6-16(18)23-15/h5-6,14H,3-4,7-13H2,1-2H3,(H,19,22). The van der Waals surface area contributed by atoms with E-state index in [1.807, 2.05) is 12.1 Å². The Morgan fingerprint density at radius 3 is 2.78 bits per heavy atom. The fourth-order valence-corrected chi connectivity index (χ4v) is 3.16. The molecule has 0 radical (unpaired) electrons. The number of hydrogen-bond acceptors (Lipinski definition) is 3. The van der Waals surface area contributed by atoms with Crippen LogP contribution in [0.5, 0.6) is 0 Å². The number of nitrogens with one attached hydrogen (secondary N) is 1. The minimum absolute atomic E-state index is 0.0516. The van der Waals surface area contributed by atoms with E-state index in [2.05, 4.69) is 33.1 Å². The van der Waals surface area contributed by atoms with Crippen LogP contribution in [-0.4, -0.2) is 49.1 Å². The molecule has 0 atom stereocenters. The third kappa shape index (κ3) is 6.55. The average molecular weight is 386 g/mol. The quantitative estimate of drug-likeness (QED) is 0.727. The molecule has 5 nitrogen and oxygen atoms in total. The molecule has 1 N–H and O–H groups in total. The first-order valence-corrected chi connectivity index (χ1v) is 9.29. The van der Waals surface area contributed by atoms with Gasteiger partial charge in [0.2, 0.25) is 0 Å². The molecule has 0 saturated carbocycles. The van der Waals surface area contributed by atoms with Gasteiger partial charge in [0.1, 0.15) is 5.76 Å². The summed E-state index contributed by atoms with van der Waals surface area (Å²) < 4.78 is 6.10. The molecule has 0 aliphatic carbocycles. The van der Waals surface area contributed by atoms with Crippen molar-refractivity contribution >= 4 is 22.0 Å². The summed E-state index contributed by atoms with van der Waals surface area (Å²) >= 11 is 3.26. The Bertz CT molecular complexity index is 484. The van der Waals surface area contributed by atoms with Gasteiger partial charge in [0, 0.05) is 13.6 Å². The number of amides is 2. The highest BCUT2D eigenvalue weighted by Gasteiger charge is 2.15. The van der Waals surface area contributed by atoms with Crippen LogP contribution in [0.1, 0.15) is 38.4 Å². The molecule has 1 aromatic rings. The van der Waals surface area contributed by atoms with Crippen LogP contribution >= 0.6 is 15.9 Å². The van der Waals surface area contributed by atoms with Gasteiger partial charge in [-0.15, -0.1) is 0 Å². The second kappa shape index (κ2) is 9.33. The Morgan fingerprint density at radius 2 is 2.13 bits per heavy atom. The van der Waals surface area contributed by atoms with Crippen molar-refractivity contribution in [3.63, 3.8) is 0 Å². The van der Waals surface area contributed by atoms with Crippen LogP contribution in [0.15, 0.2) is 21.2 Å². The van der Waals surface area contributed by atoms with Crippen molar-refractivity contribution in [2.75, 3.05) is 33.2 Å². The van der Waals surface area contributed by atoms with Gasteiger partial charge in [-0.2, -0.15) is 0 Å². The number of nitrogens with zero attached hydrogens (tertiary/aromatic N) is 2. The highest BCUT2D eigenvalue weighted by atomic mass is 79.9. The predicted molar refractivity (Wildman–Crippen MR) is 95.3 cm³/mol. The molecule has 1 fully saturated rings. The van der Waals surface area contributed by atoms with Crippen molar-refractivity contribution in [3.05, 3.63) is 22.6 Å². The average Bonchev–Trinajstić information content (AvgIpc) is 2.93. The zero-order valence-electron chi connectivity index (χ0n) is 14.2. The van der Waals surface area contributed by atoms with E-state index in [1.165, 1.54) is 25.9 Å². The number of unbranched alkanes of at least 4 members (excludes halogenated alkanes) is 1. The molecule has 0 aromatic carbocycles. The first kappa shape index (κ1) is 18.3. The minimum atomic E-state index is -0.0516. The van der Waals surface area contributed by atoms with Gasteiger partial charge in [-0.3, -0.25) is 0 Å². The predicted octanol–water partition coefficient (Wildman–Crippen LogP) is 3.70. The number of piperidine rings is 1. The lowest BCUT2D eigenvalue weighted by Crippen LogP contribution is -2.37. The van der Waals surface area contributed by atoms with E-state index in [0.717, 1.165) is 37.6 Å². The molecule has 1 aliphatic rings. The number of carbonyl (C=O) groups is 1. The van der Waals surface area contributed by atoms with Gasteiger partial charge in [-0.25, -0.2) is 4.79 Å². The normalized spacial score (nSPS) is 16.5. The van der Waals surface area contributed by atoms with Gasteiger partial charge >= 0.3 is 6.03 Å². The van der Waals surface area contributed by atoms with Gasteiger partial charge in [-0.1, -0.05) is 6.92 Å². The molecule has 0 unspecified atom stereocenters. The van der Waals surface area contributed by atoms with Crippen molar-refractivity contribution in [3.8, 4) is 0 Å². The van der Waals surface area contributed by atoms with Crippen LogP contribution < -0.4 is 5.32 Å². The lowest BCUT2D eigenvalue weighted by molar-refractivity contribution is 0.188. The summed E-state index contributed by atoms with van der Waals surface area (Å²) in [5.74, 6) is 1.66. The van der Waals surface area contributed by atoms with E-state index >= 15 is 0 Å². The molecule has 1 aliphatic heterocycles. The number of carbonyl (C=O) groups excluding carboxylic acids is 1. The summed E-state index contributed by atoms with van der Waals surface area (Å²) in [5.41, 5.74) is 0. The molecule has 130 valence electrons. The first-order chi connectivity index (χ1) is 11.0. The number of likely N-dealkylation sites (tertiary alicyclic amines) is 1. The molecule has 2 amide bonds. The second-order valence-electron chi connectivity index (χ2n) is 6.53. The summed E-state index contributed by atoms with van der Waals surface area (Å²) in [7, 11) is 1.78. The summed E-state index contributed by atoms with van der Waals surface area (Å²) in [6.07, 6.45) is 4.82. The molecule has 23 heavy (non-hydrogen) atoms. The van der Waals surface area contributed by atoms with E-state index in [9.17, 15) is 4.79 Å². The van der Waals surface area contributed by atoms with Crippen molar-refractivity contribution in [2.45, 2.75) is 39.2 Å². The van der Waals surface area contributed by atoms with Gasteiger partial charge < -0.3 is 19.5 Å². The van der Waals surface area contributed by atoms with Crippen molar-refractivity contribution in [2.24, 2.45) is 5.92 Å². The molecule has 2 rings (SSSR count). The van der Waals surface area contributed by atoms with Crippen molar-refractivity contribution < 1.29 is 9.21 Å². The van der Waals surface area contributed by atoms with E-state index in [4.69, 9.17) is 4.42 Å². The smallest absolute Gasteiger partial charge is 0.317 e. The molecule has 2 heterocycles. The third-order valence-corrected chi connectivity index (χ3v) is 4.85. The summed E-state index contributed by atoms with van der Waals surface area (Å²) in [6.45, 7) is 7.16. The van der Waals surface area contributed by atoms with Gasteiger partial charge in [-0.05, 0) is 79.3 Å². The van der Waals surface area contributed by atoms with E-state index < -0.39 is 0 Å². The van der Waals surface area contributed by atoms with E-state index in [0.29, 0.717) is 11.2 Å². The lowest BCUT2D eigenvalue weighted by atomic mass is 9.99. The number of furan rings is 1. The Hall–Kier alpha value is -1.01. The van der Waals surface area contributed by atoms with Crippen LogP contribution in [-0.2, 0) is 6.54 Å². The topological polar surface area (TPSA) is 48.7 Å². The van der Waals surface area contributed by atoms with E-state index in [-0.39, 0.29) is 6.03 Å².